The molecule has 14 nitrogen and oxygen atoms in total. The van der Waals surface area contributed by atoms with Gasteiger partial charge in [-0.15, -0.1) is 10.1 Å². The molecule has 0 aliphatic carbocycles. The van der Waals surface area contributed by atoms with E-state index in [2.05, 4.69) is 10.2 Å². The van der Waals surface area contributed by atoms with Crippen LogP contribution in [0.5, 0.6) is 0 Å². The molecule has 198 valence electrons. The van der Waals surface area contributed by atoms with E-state index in [1.807, 2.05) is 0 Å². The van der Waals surface area contributed by atoms with Crippen LogP contribution >= 0.6 is 0 Å². The molecule has 0 saturated carbocycles. The van der Waals surface area contributed by atoms with Crippen LogP contribution in [-0.4, -0.2) is 70.6 Å². The highest BCUT2D eigenvalue weighted by Crippen LogP contribution is 2.45. The van der Waals surface area contributed by atoms with Crippen molar-refractivity contribution in [1.29, 1.82) is 0 Å². The van der Waals surface area contributed by atoms with Crippen LogP contribution < -0.4 is 5.32 Å². The quantitative estimate of drug-likeness (QED) is 0.283. The molecule has 4 rings (SSSR count). The lowest BCUT2D eigenvalue weighted by Crippen LogP contribution is -2.53. The van der Waals surface area contributed by atoms with Crippen LogP contribution in [0.4, 0.5) is 5.69 Å². The molecule has 14 heteroatoms. The largest absolute Gasteiger partial charge is 0.463 e. The van der Waals surface area contributed by atoms with Gasteiger partial charge in [0.2, 0.25) is 0 Å². The average molecular weight is 519 g/mol. The molecule has 1 aromatic rings. The van der Waals surface area contributed by atoms with Gasteiger partial charge in [0.15, 0.2) is 17.5 Å². The number of hydrogen-bond donors (Lipinski definition) is 2. The van der Waals surface area contributed by atoms with Crippen molar-refractivity contribution in [3.63, 3.8) is 0 Å². The van der Waals surface area contributed by atoms with E-state index in [-0.39, 0.29) is 35.6 Å². The van der Waals surface area contributed by atoms with E-state index in [4.69, 9.17) is 14.2 Å². The molecule has 0 aromatic heterocycles. The number of dihydropyridines is 1. The second-order valence-electron chi connectivity index (χ2n) is 8.86. The first-order valence-corrected chi connectivity index (χ1v) is 11.4. The molecule has 2 saturated heterocycles. The Hall–Kier alpha value is -3.88. The summed E-state index contributed by atoms with van der Waals surface area (Å²) >= 11 is 0. The average Bonchev–Trinajstić information content (AvgIpc) is 3.39. The molecule has 0 radical (unpaired) electrons. The lowest BCUT2D eigenvalue weighted by molar-refractivity contribution is -0.769. The van der Waals surface area contributed by atoms with Gasteiger partial charge in [0.1, 0.15) is 12.2 Å². The van der Waals surface area contributed by atoms with Crippen molar-refractivity contribution >= 4 is 17.4 Å². The maximum Gasteiger partial charge on any atom is 0.336 e. The van der Waals surface area contributed by atoms with E-state index >= 15 is 0 Å². The van der Waals surface area contributed by atoms with E-state index in [0.29, 0.717) is 11.4 Å². The number of aliphatic hydroxyl groups is 1. The Morgan fingerprint density at radius 1 is 1.19 bits per heavy atom. The van der Waals surface area contributed by atoms with Gasteiger partial charge in [-0.1, -0.05) is 12.1 Å². The summed E-state index contributed by atoms with van der Waals surface area (Å²) < 4.78 is 16.3. The van der Waals surface area contributed by atoms with Crippen LogP contribution in [-0.2, 0) is 28.6 Å². The molecule has 3 aliphatic rings. The number of hydrogen-bond acceptors (Lipinski definition) is 12. The fraction of sp³-hybridized carbons (Fsp3) is 0.478. The zero-order valence-corrected chi connectivity index (χ0v) is 20.2. The number of ketones is 1. The number of carbonyl (C=O) groups excluding carboxylic acids is 2. The number of ether oxygens (including phenoxy) is 3. The highest BCUT2D eigenvalue weighted by Gasteiger charge is 2.62. The monoisotopic (exact) mass is 519 g/mol. The number of carbonyl (C=O) groups is 2. The summed E-state index contributed by atoms with van der Waals surface area (Å²) in [6.45, 7) is 3.98. The van der Waals surface area contributed by atoms with Crippen molar-refractivity contribution in [2.75, 3.05) is 19.8 Å². The molecule has 0 amide bonds. The number of nitrogens with zero attached hydrogens (tertiary/aromatic N) is 2. The number of fused-ring (bicyclic) bond motifs is 1. The number of allylic oxidation sites excluding steroid dienone is 2. The van der Waals surface area contributed by atoms with E-state index in [1.54, 1.807) is 20.8 Å². The third-order valence-corrected chi connectivity index (χ3v) is 6.60. The summed E-state index contributed by atoms with van der Waals surface area (Å²) in [5.74, 6) is -2.74. The zero-order chi connectivity index (χ0) is 27.1. The van der Waals surface area contributed by atoms with Gasteiger partial charge in [-0.05, 0) is 26.3 Å². The number of nitrogens with one attached hydrogen (secondary N) is 1. The summed E-state index contributed by atoms with van der Waals surface area (Å²) in [5.41, 5.74) is -1.64. The van der Waals surface area contributed by atoms with Crippen LogP contribution in [0.3, 0.4) is 0 Å². The third kappa shape index (κ3) is 4.54. The fourth-order valence-electron chi connectivity index (χ4n) is 5.05. The van der Waals surface area contributed by atoms with Crippen LogP contribution in [0.15, 0.2) is 46.8 Å². The van der Waals surface area contributed by atoms with Crippen molar-refractivity contribution in [3.05, 3.63) is 72.6 Å². The number of Topliss-reactive ketones (excluding diaryl/α,β-unsaturated/α-hetero) is 1. The van der Waals surface area contributed by atoms with Gasteiger partial charge in [-0.2, -0.15) is 0 Å². The summed E-state index contributed by atoms with van der Waals surface area (Å²) in [4.78, 5) is 53.3. The first kappa shape index (κ1) is 26.2. The molecule has 0 spiro atoms. The summed E-state index contributed by atoms with van der Waals surface area (Å²) in [7, 11) is 0. The maximum absolute atomic E-state index is 14.0. The number of nitro groups is 1. The first-order valence-electron chi connectivity index (χ1n) is 11.4. The van der Waals surface area contributed by atoms with Crippen molar-refractivity contribution in [1.82, 2.24) is 5.32 Å². The number of non-ortho nitro benzene ring substituents is 1. The smallest absolute Gasteiger partial charge is 0.336 e. The Bertz CT molecular complexity index is 1230. The van der Waals surface area contributed by atoms with Crippen LogP contribution in [0, 0.1) is 20.2 Å². The molecular formula is C23H25N3O11. The van der Waals surface area contributed by atoms with E-state index in [9.17, 15) is 34.9 Å². The summed E-state index contributed by atoms with van der Waals surface area (Å²) in [6, 6.07) is 5.47. The standard InChI is InChI=1S/C23H25N3O11/c1-4-34-22(28)17-12(3)24-11(2)16(18(17)13-6-5-7-14(8-13)25(30)31)20(27)23(29)10-36-19-15(37-26(32)33)9-35-21(19)23/h5-8,15,18-19,21,24,29H,4,9-10H2,1-3H3/t15-,18?,19-,21+,23-/m1/s1. The van der Waals surface area contributed by atoms with Crippen LogP contribution in [0.1, 0.15) is 32.3 Å². The second kappa shape index (κ2) is 9.88. The van der Waals surface area contributed by atoms with Crippen LogP contribution in [0.2, 0.25) is 0 Å². The minimum Gasteiger partial charge on any atom is -0.463 e. The molecule has 0 bridgehead atoms. The SMILES string of the molecule is CCOC(=O)C1=C(C)NC(C)=C(C(=O)[C@]2(O)CO[C@@H]3[C@H](O[N+](=O)[O-])CO[C@@H]32)C1c1cccc([N+](=O)[O-])c1. The normalized spacial score (nSPS) is 29.0. The lowest BCUT2D eigenvalue weighted by atomic mass is 9.74. The Morgan fingerprint density at radius 3 is 2.54 bits per heavy atom. The van der Waals surface area contributed by atoms with E-state index in [1.165, 1.54) is 24.3 Å². The first-order chi connectivity index (χ1) is 17.5. The molecule has 1 unspecified atom stereocenters. The Kier molecular flexibility index (Phi) is 6.99. The Labute approximate surface area is 210 Å². The zero-order valence-electron chi connectivity index (χ0n) is 20.2. The van der Waals surface area contributed by atoms with E-state index in [0.717, 1.165) is 0 Å². The molecule has 2 N–H and O–H groups in total. The van der Waals surface area contributed by atoms with Crippen molar-refractivity contribution in [2.45, 2.75) is 50.6 Å². The molecule has 3 heterocycles. The van der Waals surface area contributed by atoms with Crippen molar-refractivity contribution < 1.29 is 43.8 Å². The number of benzene rings is 1. The van der Waals surface area contributed by atoms with Gasteiger partial charge in [0.25, 0.3) is 10.8 Å². The molecular weight excluding hydrogens is 494 g/mol. The van der Waals surface area contributed by atoms with Gasteiger partial charge >= 0.3 is 5.97 Å². The lowest BCUT2D eigenvalue weighted by Gasteiger charge is -2.35. The number of rotatable bonds is 8. The predicted molar refractivity (Wildman–Crippen MR) is 122 cm³/mol. The molecule has 37 heavy (non-hydrogen) atoms. The van der Waals surface area contributed by atoms with Gasteiger partial charge in [-0.25, -0.2) is 4.79 Å². The highest BCUT2D eigenvalue weighted by molar-refractivity contribution is 6.08. The summed E-state index contributed by atoms with van der Waals surface area (Å²) in [6.07, 6.45) is -3.52. The minimum atomic E-state index is -2.28. The number of esters is 1. The molecule has 1 aromatic carbocycles. The minimum absolute atomic E-state index is 0.0381. The highest BCUT2D eigenvalue weighted by atomic mass is 17.0. The number of nitro benzene ring substituents is 1. The molecule has 5 atom stereocenters. The Balaban J connectivity index is 1.80. The Morgan fingerprint density at radius 2 is 1.89 bits per heavy atom. The van der Waals surface area contributed by atoms with Crippen molar-refractivity contribution in [2.24, 2.45) is 0 Å². The van der Waals surface area contributed by atoms with Crippen molar-refractivity contribution in [3.8, 4) is 0 Å². The topological polar surface area (TPSA) is 190 Å². The molecule has 3 aliphatic heterocycles. The van der Waals surface area contributed by atoms with E-state index < -0.39 is 58.2 Å². The van der Waals surface area contributed by atoms with Crippen LogP contribution in [0.25, 0.3) is 0 Å². The second-order valence-corrected chi connectivity index (χ2v) is 8.86. The molecule has 2 fully saturated rings. The van der Waals surface area contributed by atoms with Gasteiger partial charge in [0.05, 0.1) is 30.3 Å². The summed E-state index contributed by atoms with van der Waals surface area (Å²) in [5, 5.41) is 35.8. The maximum atomic E-state index is 14.0. The third-order valence-electron chi connectivity index (χ3n) is 6.60. The van der Waals surface area contributed by atoms with Gasteiger partial charge in [0, 0.05) is 35.0 Å². The van der Waals surface area contributed by atoms with Gasteiger partial charge < -0.3 is 29.5 Å². The predicted octanol–water partition coefficient (Wildman–Crippen LogP) is 1.07. The fourth-order valence-corrected chi connectivity index (χ4v) is 5.05. The van der Waals surface area contributed by atoms with Gasteiger partial charge in [-0.3, -0.25) is 14.9 Å².